The van der Waals surface area contributed by atoms with Gasteiger partial charge in [0.2, 0.25) is 17.9 Å². The van der Waals surface area contributed by atoms with E-state index in [-0.39, 0.29) is 5.41 Å². The van der Waals surface area contributed by atoms with Crippen LogP contribution in [0.3, 0.4) is 0 Å². The van der Waals surface area contributed by atoms with Gasteiger partial charge in [-0.15, -0.1) is 0 Å². The van der Waals surface area contributed by atoms with Crippen LogP contribution in [0.2, 0.25) is 0 Å². The highest BCUT2D eigenvalue weighted by molar-refractivity contribution is 6.19. The molecule has 0 bridgehead atoms. The number of carbonyl (C=O) groups is 4. The van der Waals surface area contributed by atoms with Gasteiger partial charge < -0.3 is 9.57 Å². The van der Waals surface area contributed by atoms with Crippen LogP contribution in [-0.2, 0) is 29.4 Å². The Morgan fingerprint density at radius 2 is 1.59 bits per heavy atom. The number of hydrogen-bond acceptors (Lipinski definition) is 7. The molecule has 2 aliphatic rings. The molecule has 2 aromatic rings. The van der Waals surface area contributed by atoms with E-state index in [1.807, 2.05) is 54.6 Å². The number of nitrogens with zero attached hydrogens (tertiary/aromatic N) is 1. The second kappa shape index (κ2) is 9.80. The van der Waals surface area contributed by atoms with Crippen LogP contribution in [0.5, 0.6) is 0 Å². The highest BCUT2D eigenvalue weighted by Crippen LogP contribution is 2.36. The van der Waals surface area contributed by atoms with Gasteiger partial charge in [0, 0.05) is 5.56 Å². The zero-order valence-electron chi connectivity index (χ0n) is 21.5. The summed E-state index contributed by atoms with van der Waals surface area (Å²) in [5.74, 6) is -3.52. The van der Waals surface area contributed by atoms with Crippen molar-refractivity contribution in [2.45, 2.75) is 52.1 Å². The smallest absolute Gasteiger partial charge is 0.351 e. The molecule has 37 heavy (non-hydrogen) atoms. The number of oxime groups is 1. The summed E-state index contributed by atoms with van der Waals surface area (Å²) in [4.78, 5) is 55.9. The third-order valence-corrected chi connectivity index (χ3v) is 6.99. The van der Waals surface area contributed by atoms with Crippen LogP contribution in [0.25, 0.3) is 0 Å². The molecule has 2 aliphatic heterocycles. The number of benzene rings is 2. The van der Waals surface area contributed by atoms with Crippen LogP contribution in [0, 0.1) is 11.3 Å². The van der Waals surface area contributed by atoms with Gasteiger partial charge >= 0.3 is 12.0 Å². The van der Waals surface area contributed by atoms with Crippen molar-refractivity contribution >= 4 is 29.5 Å². The number of barbiturate groups is 1. The predicted octanol–water partition coefficient (Wildman–Crippen LogP) is 3.42. The minimum atomic E-state index is -1.75. The Morgan fingerprint density at radius 1 is 1.00 bits per heavy atom. The lowest BCUT2D eigenvalue weighted by molar-refractivity contribution is -0.166. The molecule has 0 aromatic heterocycles. The van der Waals surface area contributed by atoms with Gasteiger partial charge in [0.15, 0.2) is 5.41 Å². The number of rotatable bonds is 6. The van der Waals surface area contributed by atoms with Gasteiger partial charge in [0.25, 0.3) is 0 Å². The van der Waals surface area contributed by atoms with Gasteiger partial charge in [-0.1, -0.05) is 94.4 Å². The Labute approximate surface area is 215 Å². The monoisotopic (exact) mass is 505 g/mol. The molecular formula is C28H31N3O6. The van der Waals surface area contributed by atoms with Gasteiger partial charge in [-0.3, -0.25) is 20.2 Å². The average Bonchev–Trinajstić information content (AvgIpc) is 3.29. The molecular weight excluding hydrogens is 474 g/mol. The van der Waals surface area contributed by atoms with Crippen LogP contribution in [0.1, 0.15) is 57.2 Å². The number of nitrogens with one attached hydrogen (secondary N) is 2. The van der Waals surface area contributed by atoms with Crippen molar-refractivity contribution in [2.24, 2.45) is 16.5 Å². The van der Waals surface area contributed by atoms with Crippen molar-refractivity contribution in [3.8, 4) is 0 Å². The molecule has 4 rings (SSSR count). The van der Waals surface area contributed by atoms with E-state index in [2.05, 4.69) is 36.6 Å². The summed E-state index contributed by atoms with van der Waals surface area (Å²) in [5, 5.41) is 8.45. The Morgan fingerprint density at radius 3 is 2.14 bits per heavy atom. The topological polar surface area (TPSA) is 123 Å². The van der Waals surface area contributed by atoms with E-state index in [4.69, 9.17) is 9.57 Å². The van der Waals surface area contributed by atoms with Gasteiger partial charge in [-0.05, 0) is 22.5 Å². The zero-order valence-corrected chi connectivity index (χ0v) is 21.5. The zero-order chi connectivity index (χ0) is 27.0. The molecule has 9 heteroatoms. The van der Waals surface area contributed by atoms with Crippen molar-refractivity contribution in [3.05, 3.63) is 71.3 Å². The maximum absolute atomic E-state index is 13.3. The molecule has 0 spiro atoms. The summed E-state index contributed by atoms with van der Waals surface area (Å²) >= 11 is 0. The second-order valence-corrected chi connectivity index (χ2v) is 10.7. The third-order valence-electron chi connectivity index (χ3n) is 6.99. The first-order chi connectivity index (χ1) is 17.4. The number of urea groups is 1. The normalized spacial score (nSPS) is 21.1. The van der Waals surface area contributed by atoms with E-state index in [1.165, 1.54) is 0 Å². The fraction of sp³-hybridized carbons (Fsp3) is 0.393. The largest absolute Gasteiger partial charge is 0.461 e. The van der Waals surface area contributed by atoms with Gasteiger partial charge in [-0.2, -0.15) is 0 Å². The first-order valence-corrected chi connectivity index (χ1v) is 12.2. The van der Waals surface area contributed by atoms with Gasteiger partial charge in [0.1, 0.15) is 6.61 Å². The summed E-state index contributed by atoms with van der Waals surface area (Å²) in [6.07, 6.45) is -1.12. The fourth-order valence-electron chi connectivity index (χ4n) is 4.57. The first kappa shape index (κ1) is 26.1. The summed E-state index contributed by atoms with van der Waals surface area (Å²) in [6, 6.07) is 16.4. The molecule has 1 saturated heterocycles. The maximum Gasteiger partial charge on any atom is 0.351 e. The van der Waals surface area contributed by atoms with Gasteiger partial charge in [0.05, 0.1) is 11.6 Å². The molecule has 2 N–H and O–H groups in total. The minimum Gasteiger partial charge on any atom is -0.461 e. The van der Waals surface area contributed by atoms with E-state index in [9.17, 15) is 19.2 Å². The molecule has 194 valence electrons. The standard InChI is InChI=1S/C28H31N3O6/c1-16(2)28(24(33)29-26(35)30-25(28)34)15-36-23(32)22-20(17-9-7-6-8-10-17)21(31-37-22)18-11-13-19(14-12-18)27(3,4)5/h6-14,16,20,22H,15H2,1-5H3,(H2,29,30,33,34,35)/t20-,22-/m1/s1. The highest BCUT2D eigenvalue weighted by atomic mass is 16.7. The predicted molar refractivity (Wildman–Crippen MR) is 136 cm³/mol. The third kappa shape index (κ3) is 4.85. The lowest BCUT2D eigenvalue weighted by Crippen LogP contribution is -2.66. The molecule has 0 saturated carbocycles. The number of esters is 1. The second-order valence-electron chi connectivity index (χ2n) is 10.7. The molecule has 2 aromatic carbocycles. The molecule has 2 heterocycles. The lowest BCUT2D eigenvalue weighted by Gasteiger charge is -2.36. The molecule has 0 radical (unpaired) electrons. The summed E-state index contributed by atoms with van der Waals surface area (Å²) in [5.41, 5.74) is 1.57. The average molecular weight is 506 g/mol. The van der Waals surface area contributed by atoms with E-state index >= 15 is 0 Å². The quantitative estimate of drug-likeness (QED) is 0.458. The Hall–Kier alpha value is -4.01. The van der Waals surface area contributed by atoms with Crippen molar-refractivity contribution in [1.29, 1.82) is 0 Å². The number of ether oxygens (including phenoxy) is 1. The van der Waals surface area contributed by atoms with E-state index < -0.39 is 53.8 Å². The van der Waals surface area contributed by atoms with E-state index in [1.54, 1.807) is 13.8 Å². The summed E-state index contributed by atoms with van der Waals surface area (Å²) < 4.78 is 5.54. The van der Waals surface area contributed by atoms with Crippen molar-refractivity contribution in [1.82, 2.24) is 10.6 Å². The number of imide groups is 2. The summed E-state index contributed by atoms with van der Waals surface area (Å²) in [6.45, 7) is 9.12. The highest BCUT2D eigenvalue weighted by Gasteiger charge is 2.54. The van der Waals surface area contributed by atoms with Gasteiger partial charge in [-0.25, -0.2) is 9.59 Å². The molecule has 4 amide bonds. The maximum atomic E-state index is 13.3. The summed E-state index contributed by atoms with van der Waals surface area (Å²) in [7, 11) is 0. The Bertz CT molecular complexity index is 1220. The van der Waals surface area contributed by atoms with Crippen molar-refractivity contribution in [2.75, 3.05) is 6.61 Å². The minimum absolute atomic E-state index is 0.0215. The number of amides is 4. The van der Waals surface area contributed by atoms with E-state index in [0.717, 1.165) is 16.7 Å². The number of hydrogen-bond donors (Lipinski definition) is 2. The van der Waals surface area contributed by atoms with Crippen molar-refractivity contribution in [3.63, 3.8) is 0 Å². The fourth-order valence-corrected chi connectivity index (χ4v) is 4.57. The van der Waals surface area contributed by atoms with Crippen LogP contribution in [-0.4, -0.2) is 42.2 Å². The van der Waals surface area contributed by atoms with Crippen molar-refractivity contribution < 1.29 is 28.8 Å². The van der Waals surface area contributed by atoms with Crippen LogP contribution in [0.4, 0.5) is 4.79 Å². The Kier molecular flexibility index (Phi) is 6.90. The van der Waals surface area contributed by atoms with E-state index in [0.29, 0.717) is 5.71 Å². The molecule has 2 atom stereocenters. The van der Waals surface area contributed by atoms with Crippen LogP contribution < -0.4 is 10.6 Å². The molecule has 1 fully saturated rings. The Balaban J connectivity index is 1.60. The molecule has 0 unspecified atom stereocenters. The van der Waals surface area contributed by atoms with Crippen LogP contribution in [0.15, 0.2) is 59.8 Å². The SMILES string of the molecule is CC(C)C1(COC(=O)[C@@H]2ON=C(c3ccc(C(C)(C)C)cc3)[C@H]2c2ccccc2)C(=O)NC(=O)NC1=O. The number of carbonyl (C=O) groups excluding carboxylic acids is 4. The van der Waals surface area contributed by atoms with Crippen LogP contribution >= 0.6 is 0 Å². The lowest BCUT2D eigenvalue weighted by atomic mass is 9.75. The molecule has 0 aliphatic carbocycles. The molecule has 9 nitrogen and oxygen atoms in total. The first-order valence-electron chi connectivity index (χ1n) is 12.2.